The molecule has 1 fully saturated rings. The van der Waals surface area contributed by atoms with Crippen molar-refractivity contribution < 1.29 is 21.8 Å². The normalized spacial score (nSPS) is 20.9. The minimum Gasteiger partial charge on any atom is -0.386 e. The zero-order chi connectivity index (χ0) is 23.2. The molecule has 2 aromatic rings. The molecule has 4 nitrogen and oxygen atoms in total. The van der Waals surface area contributed by atoms with Crippen LogP contribution in [-0.4, -0.2) is 19.5 Å². The van der Waals surface area contributed by atoms with E-state index >= 15 is 0 Å². The van der Waals surface area contributed by atoms with Gasteiger partial charge in [-0.2, -0.15) is 8.42 Å². The van der Waals surface area contributed by atoms with E-state index in [1.165, 1.54) is 6.07 Å². The topological polar surface area (TPSA) is 60.4 Å². The molecule has 0 heterocycles. The molecule has 2 aliphatic rings. The maximum Gasteiger partial charge on any atom is 0.311 e. The van der Waals surface area contributed by atoms with E-state index in [0.29, 0.717) is 46.5 Å². The predicted molar refractivity (Wildman–Crippen MR) is 124 cm³/mol. The molecule has 1 saturated carbocycles. The first-order valence-electron chi connectivity index (χ1n) is 10.9. The summed E-state index contributed by atoms with van der Waals surface area (Å²) >= 11 is 5.90. The second-order valence-electron chi connectivity index (χ2n) is 8.78. The highest BCUT2D eigenvalue weighted by molar-refractivity contribution is 7.87. The fourth-order valence-corrected chi connectivity index (χ4v) is 5.41. The molecule has 0 saturated heterocycles. The minimum atomic E-state index is -3.86. The molecule has 7 heteroatoms. The molecule has 0 radical (unpaired) electrons. The number of carbonyl (C=O) groups excluding carboxylic acids is 1. The highest BCUT2D eigenvalue weighted by atomic mass is 35.5. The number of Topliss-reactive ketones (excluding diaryl/α,β-unsaturated/α-hetero) is 1. The van der Waals surface area contributed by atoms with Crippen molar-refractivity contribution in [3.63, 3.8) is 0 Å². The van der Waals surface area contributed by atoms with E-state index in [0.717, 1.165) is 12.0 Å². The fraction of sp³-hybridized carbons (Fsp3) is 0.400. The molecule has 4 rings (SSSR count). The number of hydrogen-bond acceptors (Lipinski definition) is 4. The number of allylic oxidation sites excluding steroid dienone is 2. The van der Waals surface area contributed by atoms with E-state index < -0.39 is 21.2 Å². The zero-order valence-corrected chi connectivity index (χ0v) is 19.9. The van der Waals surface area contributed by atoms with E-state index in [-0.39, 0.29) is 23.4 Å². The van der Waals surface area contributed by atoms with Crippen molar-refractivity contribution in [2.75, 3.05) is 0 Å². The fourth-order valence-electron chi connectivity index (χ4n) is 4.59. The van der Waals surface area contributed by atoms with Crippen molar-refractivity contribution >= 4 is 33.1 Å². The van der Waals surface area contributed by atoms with Crippen LogP contribution in [0.1, 0.15) is 51.2 Å². The van der Waals surface area contributed by atoms with Gasteiger partial charge in [-0.1, -0.05) is 30.7 Å². The first kappa shape index (κ1) is 23.0. The molecule has 0 N–H and O–H groups in total. The summed E-state index contributed by atoms with van der Waals surface area (Å²) in [5, 5.41) is -0.432. The summed E-state index contributed by atoms with van der Waals surface area (Å²) < 4.78 is 45.5. The third-order valence-electron chi connectivity index (χ3n) is 6.45. The van der Waals surface area contributed by atoms with Crippen LogP contribution in [0.2, 0.25) is 5.02 Å². The summed E-state index contributed by atoms with van der Waals surface area (Å²) in [6, 6.07) is 9.91. The zero-order valence-electron chi connectivity index (χ0n) is 18.3. The van der Waals surface area contributed by atoms with Crippen LogP contribution < -0.4 is 0 Å². The van der Waals surface area contributed by atoms with Crippen molar-refractivity contribution in [1.82, 2.24) is 0 Å². The van der Waals surface area contributed by atoms with Gasteiger partial charge in [0.05, 0.1) is 10.8 Å². The molecule has 0 aromatic heterocycles. The van der Waals surface area contributed by atoms with Gasteiger partial charge in [-0.15, -0.1) is 0 Å². The number of halogens is 2. The summed E-state index contributed by atoms with van der Waals surface area (Å²) in [6.45, 7) is 5.08. The molecule has 170 valence electrons. The summed E-state index contributed by atoms with van der Waals surface area (Å²) in [4.78, 5) is 13.5. The quantitative estimate of drug-likeness (QED) is 0.467. The lowest BCUT2D eigenvalue weighted by Gasteiger charge is -2.27. The van der Waals surface area contributed by atoms with E-state index in [4.69, 9.17) is 15.8 Å². The second-order valence-corrected chi connectivity index (χ2v) is 11.3. The van der Waals surface area contributed by atoms with Crippen LogP contribution in [0.15, 0.2) is 42.2 Å². The number of benzene rings is 2. The van der Waals surface area contributed by atoms with Gasteiger partial charge in [0.2, 0.25) is 0 Å². The van der Waals surface area contributed by atoms with Crippen molar-refractivity contribution in [3.05, 3.63) is 64.1 Å². The summed E-state index contributed by atoms with van der Waals surface area (Å²) in [6.07, 6.45) is 2.68. The Morgan fingerprint density at radius 3 is 2.47 bits per heavy atom. The smallest absolute Gasteiger partial charge is 0.311 e. The maximum absolute atomic E-state index is 14.6. The molecule has 0 spiro atoms. The summed E-state index contributed by atoms with van der Waals surface area (Å²) in [5.74, 6) is -0.542. The van der Waals surface area contributed by atoms with Crippen LogP contribution >= 0.6 is 11.6 Å². The van der Waals surface area contributed by atoms with Crippen molar-refractivity contribution in [1.29, 1.82) is 0 Å². The average molecular weight is 477 g/mol. The van der Waals surface area contributed by atoms with E-state index in [9.17, 15) is 17.6 Å². The van der Waals surface area contributed by atoms with E-state index in [2.05, 4.69) is 0 Å². The van der Waals surface area contributed by atoms with Gasteiger partial charge in [0, 0.05) is 22.4 Å². The lowest BCUT2D eigenvalue weighted by molar-refractivity contribution is -0.117. The highest BCUT2D eigenvalue weighted by Crippen LogP contribution is 2.48. The average Bonchev–Trinajstić information content (AvgIpc) is 3.18. The van der Waals surface area contributed by atoms with Crippen LogP contribution in [0.3, 0.4) is 0 Å². The van der Waals surface area contributed by atoms with Crippen molar-refractivity contribution in [3.8, 4) is 11.1 Å². The van der Waals surface area contributed by atoms with E-state index in [1.807, 2.05) is 19.1 Å². The van der Waals surface area contributed by atoms with Gasteiger partial charge in [-0.25, -0.2) is 4.39 Å². The molecule has 32 heavy (non-hydrogen) atoms. The van der Waals surface area contributed by atoms with Crippen LogP contribution in [0.4, 0.5) is 4.39 Å². The first-order valence-corrected chi connectivity index (χ1v) is 12.8. The monoisotopic (exact) mass is 476 g/mol. The van der Waals surface area contributed by atoms with Gasteiger partial charge in [0.25, 0.3) is 0 Å². The predicted octanol–water partition coefficient (Wildman–Crippen LogP) is 6.17. The first-order chi connectivity index (χ1) is 15.1. The largest absolute Gasteiger partial charge is 0.386 e. The van der Waals surface area contributed by atoms with Gasteiger partial charge < -0.3 is 4.18 Å². The third kappa shape index (κ3) is 4.11. The molecule has 2 atom stereocenters. The van der Waals surface area contributed by atoms with E-state index in [1.54, 1.807) is 32.0 Å². The van der Waals surface area contributed by atoms with Gasteiger partial charge in [0.15, 0.2) is 5.78 Å². The molecule has 0 aliphatic heterocycles. The van der Waals surface area contributed by atoms with Crippen molar-refractivity contribution in [2.45, 2.75) is 51.7 Å². The molecule has 0 unspecified atom stereocenters. The van der Waals surface area contributed by atoms with Crippen LogP contribution in [0, 0.1) is 17.7 Å². The summed E-state index contributed by atoms with van der Waals surface area (Å²) in [7, 11) is -3.86. The Bertz CT molecular complexity index is 1220. The number of fused-ring (bicyclic) bond motifs is 2. The number of carbonyl (C=O) groups is 1. The summed E-state index contributed by atoms with van der Waals surface area (Å²) in [5.41, 5.74) is 2.80. The van der Waals surface area contributed by atoms with Gasteiger partial charge in [0.1, 0.15) is 11.6 Å². The van der Waals surface area contributed by atoms with Gasteiger partial charge in [-0.05, 0) is 80.5 Å². The molecule has 2 bridgehead atoms. The Hall–Kier alpha value is -2.18. The number of hydrogen-bond donors (Lipinski definition) is 0. The van der Waals surface area contributed by atoms with Crippen LogP contribution in [-0.2, 0) is 25.5 Å². The second kappa shape index (κ2) is 8.64. The third-order valence-corrected chi connectivity index (χ3v) is 8.25. The Morgan fingerprint density at radius 2 is 1.81 bits per heavy atom. The van der Waals surface area contributed by atoms with Gasteiger partial charge >= 0.3 is 10.1 Å². The Morgan fingerprint density at radius 1 is 1.09 bits per heavy atom. The Balaban J connectivity index is 1.93. The van der Waals surface area contributed by atoms with Crippen LogP contribution in [0.25, 0.3) is 16.7 Å². The van der Waals surface area contributed by atoms with Gasteiger partial charge in [-0.3, -0.25) is 4.79 Å². The lowest BCUT2D eigenvalue weighted by Crippen LogP contribution is -2.26. The SMILES string of the molecule is CCc1ccc(-c2ccc(Cl)cc2F)cc1C1=C(OS(=O)(=O)C(C)C)[C@@H]2CC[C@@H](C2)C1=O. The Kier molecular flexibility index (Phi) is 6.21. The molecule has 0 amide bonds. The van der Waals surface area contributed by atoms with Crippen LogP contribution in [0.5, 0.6) is 0 Å². The lowest BCUT2D eigenvalue weighted by atomic mass is 9.81. The number of aryl methyl sites for hydroxylation is 1. The maximum atomic E-state index is 14.6. The molecule has 2 aliphatic carbocycles. The Labute approximate surface area is 193 Å². The van der Waals surface area contributed by atoms with Crippen molar-refractivity contribution in [2.24, 2.45) is 11.8 Å². The molecule has 2 aromatic carbocycles. The standard InChI is InChI=1S/C25H26ClFO4S/c1-4-15-5-6-16(20-10-9-19(26)13-22(20)27)12-21(15)23-24(28)17-7-8-18(11-17)25(23)31-32(29,30)14(2)3/h5-6,9-10,12-14,17-18H,4,7-8,11H2,1-3H3/t17-,18+/m0/s1. The number of ketones is 1. The highest BCUT2D eigenvalue weighted by Gasteiger charge is 2.44. The number of rotatable bonds is 6. The minimum absolute atomic E-state index is 0.0869. The molecular formula is C25H26ClFO4S. The molecular weight excluding hydrogens is 451 g/mol.